The molecule has 0 radical (unpaired) electrons. The van der Waals surface area contributed by atoms with E-state index in [4.69, 9.17) is 17.3 Å². The first kappa shape index (κ1) is 12.9. The molecule has 1 aromatic heterocycles. The number of nitrogens with two attached hydrogens (primary N) is 1. The van der Waals surface area contributed by atoms with Gasteiger partial charge >= 0.3 is 0 Å². The van der Waals surface area contributed by atoms with E-state index in [1.165, 1.54) is 6.20 Å². The number of aliphatic hydroxyl groups excluding tert-OH is 1. The summed E-state index contributed by atoms with van der Waals surface area (Å²) in [4.78, 5) is 3.94. The number of pyridine rings is 1. The number of hydrogen-bond donors (Lipinski definition) is 2. The van der Waals surface area contributed by atoms with Crippen molar-refractivity contribution in [2.45, 2.75) is 19.4 Å². The van der Waals surface area contributed by atoms with Crippen LogP contribution in [0.3, 0.4) is 0 Å². The molecule has 0 aliphatic rings. The molecule has 2 aromatic rings. The van der Waals surface area contributed by atoms with E-state index in [9.17, 15) is 5.11 Å². The standard InChI is InChI=1S/C14H15ClN2O/c1-9-3-2-4-10(5-9)6-13(18)12-7-11(15)8-17-14(12)16/h2-5,7-8,13,18H,6H2,1H3,(H2,16,17). The maximum absolute atomic E-state index is 10.2. The van der Waals surface area contributed by atoms with Gasteiger partial charge in [-0.15, -0.1) is 0 Å². The molecule has 4 heteroatoms. The molecular formula is C14H15ClN2O. The maximum atomic E-state index is 10.2. The molecule has 1 aromatic carbocycles. The summed E-state index contributed by atoms with van der Waals surface area (Å²) in [5.41, 5.74) is 8.54. The SMILES string of the molecule is Cc1cccc(CC(O)c2cc(Cl)cnc2N)c1. The van der Waals surface area contributed by atoms with Crippen molar-refractivity contribution in [1.29, 1.82) is 0 Å². The molecule has 94 valence electrons. The highest BCUT2D eigenvalue weighted by Gasteiger charge is 2.13. The Morgan fingerprint density at radius 3 is 2.89 bits per heavy atom. The normalized spacial score (nSPS) is 12.4. The van der Waals surface area contributed by atoms with Gasteiger partial charge in [0, 0.05) is 18.2 Å². The van der Waals surface area contributed by atoms with E-state index >= 15 is 0 Å². The Morgan fingerprint density at radius 2 is 2.17 bits per heavy atom. The quantitative estimate of drug-likeness (QED) is 0.894. The summed E-state index contributed by atoms with van der Waals surface area (Å²) in [5, 5.41) is 10.7. The average molecular weight is 263 g/mol. The van der Waals surface area contributed by atoms with Crippen molar-refractivity contribution in [3.8, 4) is 0 Å². The number of rotatable bonds is 3. The summed E-state index contributed by atoms with van der Waals surface area (Å²) >= 11 is 5.86. The van der Waals surface area contributed by atoms with E-state index < -0.39 is 6.10 Å². The number of anilines is 1. The van der Waals surface area contributed by atoms with Crippen LogP contribution in [0, 0.1) is 6.92 Å². The minimum atomic E-state index is -0.696. The summed E-state index contributed by atoms with van der Waals surface area (Å²) in [7, 11) is 0. The minimum absolute atomic E-state index is 0.319. The highest BCUT2D eigenvalue weighted by molar-refractivity contribution is 6.30. The first-order valence-corrected chi connectivity index (χ1v) is 6.08. The van der Waals surface area contributed by atoms with E-state index in [0.717, 1.165) is 11.1 Å². The molecule has 0 saturated carbocycles. The van der Waals surface area contributed by atoms with E-state index in [1.54, 1.807) is 6.07 Å². The Balaban J connectivity index is 2.21. The van der Waals surface area contributed by atoms with Gasteiger partial charge in [-0.1, -0.05) is 41.4 Å². The van der Waals surface area contributed by atoms with Gasteiger partial charge in [-0.05, 0) is 18.6 Å². The number of aliphatic hydroxyl groups is 1. The fraction of sp³-hybridized carbons (Fsp3) is 0.214. The summed E-state index contributed by atoms with van der Waals surface area (Å²) in [6.45, 7) is 2.02. The Hall–Kier alpha value is -1.58. The van der Waals surface area contributed by atoms with Crippen molar-refractivity contribution < 1.29 is 5.11 Å². The lowest BCUT2D eigenvalue weighted by molar-refractivity contribution is 0.179. The van der Waals surface area contributed by atoms with Crippen molar-refractivity contribution in [3.63, 3.8) is 0 Å². The predicted octanol–water partition coefficient (Wildman–Crippen LogP) is 2.90. The first-order chi connectivity index (χ1) is 8.56. The number of benzene rings is 1. The van der Waals surface area contributed by atoms with Crippen molar-refractivity contribution >= 4 is 17.4 Å². The number of hydrogen-bond acceptors (Lipinski definition) is 3. The van der Waals surface area contributed by atoms with Gasteiger partial charge in [0.2, 0.25) is 0 Å². The zero-order chi connectivity index (χ0) is 13.1. The van der Waals surface area contributed by atoms with Gasteiger partial charge in [0.15, 0.2) is 0 Å². The van der Waals surface area contributed by atoms with Crippen molar-refractivity contribution in [2.24, 2.45) is 0 Å². The highest BCUT2D eigenvalue weighted by atomic mass is 35.5. The van der Waals surface area contributed by atoms with Gasteiger partial charge < -0.3 is 10.8 Å². The number of nitrogen functional groups attached to an aromatic ring is 1. The van der Waals surface area contributed by atoms with Crippen LogP contribution in [-0.4, -0.2) is 10.1 Å². The van der Waals surface area contributed by atoms with Gasteiger partial charge in [-0.25, -0.2) is 4.98 Å². The number of aromatic nitrogens is 1. The zero-order valence-corrected chi connectivity index (χ0v) is 10.9. The molecule has 0 aliphatic carbocycles. The lowest BCUT2D eigenvalue weighted by atomic mass is 10.0. The molecule has 1 atom stereocenters. The second kappa shape index (κ2) is 5.38. The molecule has 0 spiro atoms. The smallest absolute Gasteiger partial charge is 0.129 e. The largest absolute Gasteiger partial charge is 0.388 e. The van der Waals surface area contributed by atoms with Crippen LogP contribution in [0.2, 0.25) is 5.02 Å². The molecule has 0 aliphatic heterocycles. The van der Waals surface area contributed by atoms with Crippen LogP contribution < -0.4 is 5.73 Å². The zero-order valence-electron chi connectivity index (χ0n) is 10.1. The van der Waals surface area contributed by atoms with Crippen molar-refractivity contribution in [2.75, 3.05) is 5.73 Å². The number of aryl methyl sites for hydroxylation is 1. The Labute approximate surface area is 111 Å². The van der Waals surface area contributed by atoms with Gasteiger partial charge in [-0.3, -0.25) is 0 Å². The molecule has 2 rings (SSSR count). The van der Waals surface area contributed by atoms with Gasteiger partial charge in [0.25, 0.3) is 0 Å². The van der Waals surface area contributed by atoms with Gasteiger partial charge in [-0.2, -0.15) is 0 Å². The second-order valence-electron chi connectivity index (χ2n) is 4.34. The summed E-state index contributed by atoms with van der Waals surface area (Å²) in [5.74, 6) is 0.319. The molecule has 3 N–H and O–H groups in total. The molecule has 0 saturated heterocycles. The summed E-state index contributed by atoms with van der Waals surface area (Å²) < 4.78 is 0. The van der Waals surface area contributed by atoms with Crippen LogP contribution in [-0.2, 0) is 6.42 Å². The Kier molecular flexibility index (Phi) is 3.84. The summed E-state index contributed by atoms with van der Waals surface area (Å²) in [6.07, 6.45) is 1.27. The first-order valence-electron chi connectivity index (χ1n) is 5.71. The van der Waals surface area contributed by atoms with E-state index in [1.807, 2.05) is 31.2 Å². The molecule has 18 heavy (non-hydrogen) atoms. The number of halogens is 1. The minimum Gasteiger partial charge on any atom is -0.388 e. The third kappa shape index (κ3) is 3.00. The molecule has 0 amide bonds. The molecule has 3 nitrogen and oxygen atoms in total. The summed E-state index contributed by atoms with van der Waals surface area (Å²) in [6, 6.07) is 9.66. The van der Waals surface area contributed by atoms with Crippen LogP contribution >= 0.6 is 11.6 Å². The fourth-order valence-electron chi connectivity index (χ4n) is 1.90. The van der Waals surface area contributed by atoms with Crippen LogP contribution in [0.4, 0.5) is 5.82 Å². The van der Waals surface area contributed by atoms with E-state index in [-0.39, 0.29) is 0 Å². The third-order valence-electron chi connectivity index (χ3n) is 2.79. The second-order valence-corrected chi connectivity index (χ2v) is 4.77. The van der Waals surface area contributed by atoms with E-state index in [0.29, 0.717) is 22.8 Å². The van der Waals surface area contributed by atoms with Gasteiger partial charge in [0.05, 0.1) is 11.1 Å². The monoisotopic (exact) mass is 262 g/mol. The maximum Gasteiger partial charge on any atom is 0.129 e. The molecule has 1 heterocycles. The third-order valence-corrected chi connectivity index (χ3v) is 2.99. The topological polar surface area (TPSA) is 59.1 Å². The fourth-order valence-corrected chi connectivity index (χ4v) is 2.07. The molecule has 0 fully saturated rings. The lowest BCUT2D eigenvalue weighted by Crippen LogP contribution is -2.07. The Morgan fingerprint density at radius 1 is 1.39 bits per heavy atom. The van der Waals surface area contributed by atoms with Crippen LogP contribution in [0.1, 0.15) is 22.8 Å². The van der Waals surface area contributed by atoms with Crippen LogP contribution in [0.5, 0.6) is 0 Å². The average Bonchev–Trinajstić information content (AvgIpc) is 2.32. The van der Waals surface area contributed by atoms with Gasteiger partial charge in [0.1, 0.15) is 5.82 Å². The van der Waals surface area contributed by atoms with Crippen molar-refractivity contribution in [3.05, 3.63) is 58.2 Å². The lowest BCUT2D eigenvalue weighted by Gasteiger charge is -2.13. The highest BCUT2D eigenvalue weighted by Crippen LogP contribution is 2.25. The number of nitrogens with zero attached hydrogens (tertiary/aromatic N) is 1. The molecular weight excluding hydrogens is 248 g/mol. The molecule has 0 bridgehead atoms. The van der Waals surface area contributed by atoms with Crippen LogP contribution in [0.25, 0.3) is 0 Å². The Bertz CT molecular complexity index is 557. The van der Waals surface area contributed by atoms with Crippen molar-refractivity contribution in [1.82, 2.24) is 4.98 Å². The predicted molar refractivity (Wildman–Crippen MR) is 73.5 cm³/mol. The van der Waals surface area contributed by atoms with E-state index in [2.05, 4.69) is 4.98 Å². The molecule has 1 unspecified atom stereocenters. The van der Waals surface area contributed by atoms with Crippen LogP contribution in [0.15, 0.2) is 36.5 Å².